The summed E-state index contributed by atoms with van der Waals surface area (Å²) in [5.74, 6) is -1.22. The molecule has 0 fully saturated rings. The molecule has 0 saturated heterocycles. The van der Waals surface area contributed by atoms with E-state index in [0.717, 1.165) is 11.1 Å². The first kappa shape index (κ1) is 20.7. The fourth-order valence-corrected chi connectivity index (χ4v) is 3.38. The van der Waals surface area contributed by atoms with Gasteiger partial charge in [0.15, 0.2) is 0 Å². The van der Waals surface area contributed by atoms with Crippen molar-refractivity contribution >= 4 is 34.5 Å². The van der Waals surface area contributed by atoms with Gasteiger partial charge >= 0.3 is 5.97 Å². The Bertz CT molecular complexity index is 1390. The number of hydrogen-bond donors (Lipinski definition) is 5. The second-order valence-corrected chi connectivity index (χ2v) is 7.03. The number of carbonyl (C=O) groups is 2. The van der Waals surface area contributed by atoms with Gasteiger partial charge in [-0.3, -0.25) is 14.6 Å². The smallest absolute Gasteiger partial charge is 0.337 e. The Morgan fingerprint density at radius 3 is 2.62 bits per heavy atom. The molecular formula is C22H19N5O5. The SMILES string of the molecule is COc1ccc(NC(=O)c2ccc(Cc3c[nH]c4nc(N)[nH]c(=O)c34)cc2)c(C(=O)O)c1. The first-order chi connectivity index (χ1) is 15.4. The van der Waals surface area contributed by atoms with E-state index in [1.165, 1.54) is 19.2 Å². The van der Waals surface area contributed by atoms with Gasteiger partial charge < -0.3 is 25.9 Å². The van der Waals surface area contributed by atoms with Crippen molar-refractivity contribution in [2.24, 2.45) is 0 Å². The first-order valence-electron chi connectivity index (χ1n) is 9.53. The number of benzene rings is 2. The van der Waals surface area contributed by atoms with E-state index in [4.69, 9.17) is 10.5 Å². The summed E-state index contributed by atoms with van der Waals surface area (Å²) in [6.07, 6.45) is 2.14. The number of methoxy groups -OCH3 is 1. The van der Waals surface area contributed by atoms with Crippen LogP contribution in [0.4, 0.5) is 11.6 Å². The summed E-state index contributed by atoms with van der Waals surface area (Å²) in [4.78, 5) is 45.8. The number of nitrogens with zero attached hydrogens (tertiary/aromatic N) is 1. The van der Waals surface area contributed by atoms with Crippen LogP contribution >= 0.6 is 0 Å². The zero-order valence-electron chi connectivity index (χ0n) is 16.9. The fourth-order valence-electron chi connectivity index (χ4n) is 3.38. The van der Waals surface area contributed by atoms with Crippen molar-refractivity contribution in [1.29, 1.82) is 0 Å². The summed E-state index contributed by atoms with van der Waals surface area (Å²) in [5.41, 5.74) is 7.70. The van der Waals surface area contributed by atoms with E-state index >= 15 is 0 Å². The highest BCUT2D eigenvalue weighted by molar-refractivity contribution is 6.07. The number of carboxylic acids is 1. The molecule has 0 spiro atoms. The van der Waals surface area contributed by atoms with E-state index in [2.05, 4.69) is 20.3 Å². The first-order valence-corrected chi connectivity index (χ1v) is 9.53. The van der Waals surface area contributed by atoms with Gasteiger partial charge in [0.2, 0.25) is 5.95 Å². The average molecular weight is 433 g/mol. The Kier molecular flexibility index (Phi) is 5.34. The van der Waals surface area contributed by atoms with Crippen LogP contribution in [0.5, 0.6) is 5.75 Å². The molecule has 2 aromatic carbocycles. The highest BCUT2D eigenvalue weighted by Crippen LogP contribution is 2.23. The lowest BCUT2D eigenvalue weighted by atomic mass is 10.0. The third-order valence-electron chi connectivity index (χ3n) is 4.96. The van der Waals surface area contributed by atoms with Crippen molar-refractivity contribution in [2.45, 2.75) is 6.42 Å². The van der Waals surface area contributed by atoms with E-state index in [9.17, 15) is 19.5 Å². The van der Waals surface area contributed by atoms with E-state index in [1.54, 1.807) is 36.5 Å². The van der Waals surface area contributed by atoms with Crippen LogP contribution in [0.3, 0.4) is 0 Å². The Morgan fingerprint density at radius 2 is 1.94 bits per heavy atom. The van der Waals surface area contributed by atoms with Crippen LogP contribution in [0.15, 0.2) is 53.5 Å². The van der Waals surface area contributed by atoms with Gasteiger partial charge in [0.05, 0.1) is 23.7 Å². The number of aromatic carboxylic acids is 1. The molecular weight excluding hydrogens is 414 g/mol. The van der Waals surface area contributed by atoms with Crippen LogP contribution in [0, 0.1) is 0 Å². The predicted molar refractivity (Wildman–Crippen MR) is 118 cm³/mol. The summed E-state index contributed by atoms with van der Waals surface area (Å²) in [6, 6.07) is 11.2. The number of hydrogen-bond acceptors (Lipinski definition) is 6. The number of fused-ring (bicyclic) bond motifs is 1. The molecule has 0 bridgehead atoms. The molecule has 0 aliphatic carbocycles. The quantitative estimate of drug-likeness (QED) is 0.312. The minimum absolute atomic E-state index is 0.0363. The Balaban J connectivity index is 1.53. The van der Waals surface area contributed by atoms with Crippen LogP contribution in [0.1, 0.15) is 31.8 Å². The summed E-state index contributed by atoms with van der Waals surface area (Å²) < 4.78 is 5.04. The second kappa shape index (κ2) is 8.26. The summed E-state index contributed by atoms with van der Waals surface area (Å²) >= 11 is 0. The van der Waals surface area contributed by atoms with Gasteiger partial charge in [-0.15, -0.1) is 0 Å². The number of ether oxygens (including phenoxy) is 1. The van der Waals surface area contributed by atoms with Crippen molar-refractivity contribution in [1.82, 2.24) is 15.0 Å². The largest absolute Gasteiger partial charge is 0.497 e. The fraction of sp³-hybridized carbons (Fsp3) is 0.0909. The van der Waals surface area contributed by atoms with Crippen molar-refractivity contribution in [3.8, 4) is 5.75 Å². The van der Waals surface area contributed by atoms with E-state index in [-0.39, 0.29) is 22.8 Å². The van der Waals surface area contributed by atoms with Gasteiger partial charge in [0.25, 0.3) is 11.5 Å². The number of H-pyrrole nitrogens is 2. The number of nitrogen functional groups attached to an aromatic ring is 1. The van der Waals surface area contributed by atoms with Gasteiger partial charge in [-0.2, -0.15) is 4.98 Å². The third-order valence-corrected chi connectivity index (χ3v) is 4.96. The van der Waals surface area contributed by atoms with E-state index in [1.807, 2.05) is 0 Å². The number of nitrogens with two attached hydrogens (primary N) is 1. The topological polar surface area (TPSA) is 163 Å². The van der Waals surface area contributed by atoms with Gasteiger partial charge in [0, 0.05) is 11.8 Å². The lowest BCUT2D eigenvalue weighted by Gasteiger charge is -2.10. The molecule has 2 heterocycles. The number of amides is 1. The molecule has 10 nitrogen and oxygen atoms in total. The molecule has 1 amide bonds. The highest BCUT2D eigenvalue weighted by Gasteiger charge is 2.15. The zero-order valence-corrected chi connectivity index (χ0v) is 16.9. The predicted octanol–water partition coefficient (Wildman–Crippen LogP) is 2.38. The number of aromatic amines is 2. The summed E-state index contributed by atoms with van der Waals surface area (Å²) in [6.45, 7) is 0. The summed E-state index contributed by atoms with van der Waals surface area (Å²) in [5, 5.41) is 12.4. The molecule has 0 aliphatic rings. The monoisotopic (exact) mass is 433 g/mol. The highest BCUT2D eigenvalue weighted by atomic mass is 16.5. The lowest BCUT2D eigenvalue weighted by molar-refractivity contribution is 0.0697. The summed E-state index contributed by atoms with van der Waals surface area (Å²) in [7, 11) is 1.43. The van der Waals surface area contributed by atoms with Gasteiger partial charge in [0.1, 0.15) is 11.4 Å². The minimum Gasteiger partial charge on any atom is -0.497 e. The maximum atomic E-state index is 12.6. The van der Waals surface area contributed by atoms with Crippen LogP contribution in [-0.2, 0) is 6.42 Å². The molecule has 162 valence electrons. The Morgan fingerprint density at radius 1 is 1.19 bits per heavy atom. The minimum atomic E-state index is -1.18. The van der Waals surface area contributed by atoms with Crippen LogP contribution in [0.25, 0.3) is 11.0 Å². The number of rotatable bonds is 6. The number of carboxylic acid groups (broad SMARTS) is 1. The molecule has 32 heavy (non-hydrogen) atoms. The zero-order chi connectivity index (χ0) is 22.8. The van der Waals surface area contributed by atoms with Crippen molar-refractivity contribution in [2.75, 3.05) is 18.2 Å². The number of nitrogens with one attached hydrogen (secondary N) is 3. The van der Waals surface area contributed by atoms with Gasteiger partial charge in [-0.25, -0.2) is 4.79 Å². The molecule has 4 aromatic rings. The molecule has 0 atom stereocenters. The normalized spacial score (nSPS) is 10.8. The molecule has 10 heteroatoms. The number of anilines is 2. The molecule has 6 N–H and O–H groups in total. The molecule has 0 radical (unpaired) electrons. The van der Waals surface area contributed by atoms with Crippen molar-refractivity contribution in [3.63, 3.8) is 0 Å². The van der Waals surface area contributed by atoms with Gasteiger partial charge in [-0.1, -0.05) is 12.1 Å². The molecule has 0 aliphatic heterocycles. The standard InChI is InChI=1S/C22H19N5O5/c1-32-14-6-7-16(15(9-14)21(30)31)25-19(28)12-4-2-11(3-5-12)8-13-10-24-18-17(13)20(29)27-22(23)26-18/h2-7,9-10H,8H2,1H3,(H,25,28)(H,30,31)(H4,23,24,26,27,29). The Hall–Kier alpha value is -4.60. The van der Waals surface area contributed by atoms with Crippen molar-refractivity contribution in [3.05, 3.63) is 81.3 Å². The van der Waals surface area contributed by atoms with Crippen molar-refractivity contribution < 1.29 is 19.4 Å². The second-order valence-electron chi connectivity index (χ2n) is 7.03. The van der Waals surface area contributed by atoms with E-state index in [0.29, 0.717) is 28.8 Å². The van der Waals surface area contributed by atoms with Crippen LogP contribution < -0.4 is 21.3 Å². The Labute approximate surface area is 181 Å². The molecule has 2 aromatic heterocycles. The van der Waals surface area contributed by atoms with Crippen LogP contribution in [-0.4, -0.2) is 39.0 Å². The molecule has 0 unspecified atom stereocenters. The number of aromatic nitrogens is 3. The maximum Gasteiger partial charge on any atom is 0.337 e. The average Bonchev–Trinajstić information content (AvgIpc) is 3.17. The van der Waals surface area contributed by atoms with Gasteiger partial charge in [-0.05, 0) is 47.9 Å². The number of carbonyl (C=O) groups excluding carboxylic acids is 1. The van der Waals surface area contributed by atoms with E-state index < -0.39 is 11.9 Å². The maximum absolute atomic E-state index is 12.6. The van der Waals surface area contributed by atoms with Crippen LogP contribution in [0.2, 0.25) is 0 Å². The third kappa shape index (κ3) is 4.01. The molecule has 0 saturated carbocycles. The molecule has 4 rings (SSSR count). The lowest BCUT2D eigenvalue weighted by Crippen LogP contribution is -2.15.